The third-order valence-electron chi connectivity index (χ3n) is 5.28. The molecule has 1 aliphatic heterocycles. The molecule has 0 atom stereocenters. The van der Waals surface area contributed by atoms with Crippen molar-refractivity contribution in [2.24, 2.45) is 5.92 Å². The van der Waals surface area contributed by atoms with E-state index in [-0.39, 0.29) is 11.3 Å². The zero-order valence-corrected chi connectivity index (χ0v) is 15.8. The molecule has 0 saturated carbocycles. The number of carbonyl (C=O) groups excluding carboxylic acids is 1. The second kappa shape index (κ2) is 7.03. The minimum absolute atomic E-state index is 0.116. The van der Waals surface area contributed by atoms with Crippen LogP contribution in [-0.2, 0) is 12.0 Å². The van der Waals surface area contributed by atoms with Gasteiger partial charge in [-0.25, -0.2) is 4.98 Å². The second-order valence-electron chi connectivity index (χ2n) is 8.19. The van der Waals surface area contributed by atoms with E-state index in [1.807, 2.05) is 36.4 Å². The van der Waals surface area contributed by atoms with E-state index in [1.54, 1.807) is 0 Å². The highest BCUT2D eigenvalue weighted by Crippen LogP contribution is 2.24. The molecule has 0 spiro atoms. The zero-order chi connectivity index (χ0) is 18.0. The number of amides is 1. The summed E-state index contributed by atoms with van der Waals surface area (Å²) in [5, 5.41) is 0. The average molecular weight is 339 g/mol. The summed E-state index contributed by atoms with van der Waals surface area (Å²) >= 11 is 0. The van der Waals surface area contributed by atoms with Crippen LogP contribution in [-0.4, -0.2) is 33.4 Å². The number of hydrogen-bond donors (Lipinski definition) is 0. The smallest absolute Gasteiger partial charge is 0.253 e. The number of hydrogen-bond acceptors (Lipinski definition) is 2. The fourth-order valence-corrected chi connectivity index (χ4v) is 3.49. The van der Waals surface area contributed by atoms with Crippen LogP contribution in [0.15, 0.2) is 36.7 Å². The first-order valence-electron chi connectivity index (χ1n) is 9.22. The molecule has 1 aliphatic rings. The number of likely N-dealkylation sites (tertiary alicyclic amines) is 1. The van der Waals surface area contributed by atoms with Crippen molar-refractivity contribution in [1.29, 1.82) is 0 Å². The second-order valence-corrected chi connectivity index (χ2v) is 8.19. The van der Waals surface area contributed by atoms with E-state index in [0.29, 0.717) is 5.92 Å². The Kier molecular flexibility index (Phi) is 4.98. The molecule has 3 rings (SSSR count). The lowest BCUT2D eigenvalue weighted by Gasteiger charge is -2.32. The van der Waals surface area contributed by atoms with Crippen LogP contribution < -0.4 is 0 Å². The van der Waals surface area contributed by atoms with E-state index in [9.17, 15) is 4.79 Å². The van der Waals surface area contributed by atoms with Gasteiger partial charge >= 0.3 is 0 Å². The maximum atomic E-state index is 12.7. The van der Waals surface area contributed by atoms with Gasteiger partial charge in [0.1, 0.15) is 5.82 Å². The van der Waals surface area contributed by atoms with Gasteiger partial charge in [-0.05, 0) is 48.8 Å². The minimum atomic E-state index is 0.116. The lowest BCUT2D eigenvalue weighted by molar-refractivity contribution is 0.0682. The van der Waals surface area contributed by atoms with Crippen LogP contribution in [0.4, 0.5) is 0 Å². The maximum absolute atomic E-state index is 12.7. The van der Waals surface area contributed by atoms with Crippen molar-refractivity contribution in [2.45, 2.75) is 52.5 Å². The van der Waals surface area contributed by atoms with Crippen LogP contribution in [0, 0.1) is 12.8 Å². The average Bonchev–Trinajstić information content (AvgIpc) is 2.99. The zero-order valence-electron chi connectivity index (χ0n) is 15.8. The number of aryl methyl sites for hydroxylation is 1. The summed E-state index contributed by atoms with van der Waals surface area (Å²) in [6, 6.07) is 8.12. The quantitative estimate of drug-likeness (QED) is 0.846. The molecule has 134 valence electrons. The molecule has 4 nitrogen and oxygen atoms in total. The van der Waals surface area contributed by atoms with Crippen molar-refractivity contribution < 1.29 is 4.79 Å². The summed E-state index contributed by atoms with van der Waals surface area (Å²) in [5.41, 5.74) is 2.18. The number of imidazole rings is 1. The van der Waals surface area contributed by atoms with Gasteiger partial charge in [0.05, 0.1) is 0 Å². The summed E-state index contributed by atoms with van der Waals surface area (Å²) in [6.45, 7) is 11.3. The molecule has 4 heteroatoms. The predicted octanol–water partition coefficient (Wildman–Crippen LogP) is 4.04. The normalized spacial score (nSPS) is 16.2. The third-order valence-corrected chi connectivity index (χ3v) is 5.28. The Morgan fingerprint density at radius 2 is 1.80 bits per heavy atom. The van der Waals surface area contributed by atoms with E-state index < -0.39 is 0 Å². The Balaban J connectivity index is 1.57. The van der Waals surface area contributed by atoms with Crippen molar-refractivity contribution >= 4 is 5.91 Å². The van der Waals surface area contributed by atoms with Crippen LogP contribution in [0.5, 0.6) is 0 Å². The molecule has 1 fully saturated rings. The monoisotopic (exact) mass is 339 g/mol. The first-order chi connectivity index (χ1) is 11.8. The van der Waals surface area contributed by atoms with Gasteiger partial charge in [0.2, 0.25) is 0 Å². The van der Waals surface area contributed by atoms with E-state index in [0.717, 1.165) is 43.9 Å². The van der Waals surface area contributed by atoms with Gasteiger partial charge in [-0.3, -0.25) is 4.79 Å². The number of piperidine rings is 1. The Hall–Kier alpha value is -2.10. The van der Waals surface area contributed by atoms with Gasteiger partial charge < -0.3 is 9.47 Å². The van der Waals surface area contributed by atoms with Gasteiger partial charge in [0.25, 0.3) is 5.91 Å². The predicted molar refractivity (Wildman–Crippen MR) is 101 cm³/mol. The van der Waals surface area contributed by atoms with Gasteiger partial charge in [0, 0.05) is 37.6 Å². The third kappa shape index (κ3) is 4.12. The van der Waals surface area contributed by atoms with Crippen LogP contribution in [0.1, 0.15) is 55.4 Å². The van der Waals surface area contributed by atoms with Crippen LogP contribution in [0.25, 0.3) is 0 Å². The molecule has 2 heterocycles. The highest BCUT2D eigenvalue weighted by atomic mass is 16.2. The van der Waals surface area contributed by atoms with Crippen molar-refractivity contribution in [2.75, 3.05) is 13.1 Å². The molecule has 0 unspecified atom stereocenters. The highest BCUT2D eigenvalue weighted by molar-refractivity contribution is 5.94. The Morgan fingerprint density at radius 3 is 2.32 bits per heavy atom. The molecule has 1 aromatic carbocycles. The van der Waals surface area contributed by atoms with E-state index in [4.69, 9.17) is 0 Å². The summed E-state index contributed by atoms with van der Waals surface area (Å²) < 4.78 is 2.22. The van der Waals surface area contributed by atoms with Crippen molar-refractivity contribution in [3.05, 3.63) is 53.6 Å². The standard InChI is InChI=1S/C21H29N3O/c1-16-22-11-14-24(16)15-17-9-12-23(13-10-17)20(25)18-5-7-19(8-6-18)21(2,3)4/h5-8,11,14,17H,9-10,12-13,15H2,1-4H3. The fourth-order valence-electron chi connectivity index (χ4n) is 3.49. The molecule has 25 heavy (non-hydrogen) atoms. The SMILES string of the molecule is Cc1nccn1CC1CCN(C(=O)c2ccc(C(C)(C)C)cc2)CC1. The van der Waals surface area contributed by atoms with Gasteiger partial charge in [-0.2, -0.15) is 0 Å². The fraction of sp³-hybridized carbons (Fsp3) is 0.524. The van der Waals surface area contributed by atoms with E-state index >= 15 is 0 Å². The maximum Gasteiger partial charge on any atom is 0.253 e. The number of carbonyl (C=O) groups is 1. The lowest BCUT2D eigenvalue weighted by atomic mass is 9.86. The van der Waals surface area contributed by atoms with Crippen molar-refractivity contribution in [3.63, 3.8) is 0 Å². The molecule has 1 amide bonds. The summed E-state index contributed by atoms with van der Waals surface area (Å²) in [5.74, 6) is 1.86. The summed E-state index contributed by atoms with van der Waals surface area (Å²) in [4.78, 5) is 19.0. The molecular formula is C21H29N3O. The molecule has 1 aromatic heterocycles. The molecule has 0 aliphatic carbocycles. The molecule has 0 N–H and O–H groups in total. The molecule has 2 aromatic rings. The van der Waals surface area contributed by atoms with Crippen molar-refractivity contribution in [3.8, 4) is 0 Å². The van der Waals surface area contributed by atoms with E-state index in [1.165, 1.54) is 5.56 Å². The minimum Gasteiger partial charge on any atom is -0.339 e. The first kappa shape index (κ1) is 17.7. The largest absolute Gasteiger partial charge is 0.339 e. The summed E-state index contributed by atoms with van der Waals surface area (Å²) in [6.07, 6.45) is 6.02. The first-order valence-corrected chi connectivity index (χ1v) is 9.22. The number of benzene rings is 1. The molecular weight excluding hydrogens is 310 g/mol. The number of rotatable bonds is 3. The van der Waals surface area contributed by atoms with Crippen molar-refractivity contribution in [1.82, 2.24) is 14.5 Å². The molecule has 0 radical (unpaired) electrons. The highest BCUT2D eigenvalue weighted by Gasteiger charge is 2.24. The van der Waals surface area contributed by atoms with Gasteiger partial charge in [0.15, 0.2) is 0 Å². The Morgan fingerprint density at radius 1 is 1.16 bits per heavy atom. The van der Waals surface area contributed by atoms with Crippen LogP contribution in [0.2, 0.25) is 0 Å². The van der Waals surface area contributed by atoms with E-state index in [2.05, 4.69) is 42.5 Å². The molecule has 1 saturated heterocycles. The van der Waals surface area contributed by atoms with Crippen LogP contribution in [0.3, 0.4) is 0 Å². The summed E-state index contributed by atoms with van der Waals surface area (Å²) in [7, 11) is 0. The Bertz CT molecular complexity index is 716. The number of nitrogens with zero attached hydrogens (tertiary/aromatic N) is 3. The van der Waals surface area contributed by atoms with Gasteiger partial charge in [-0.15, -0.1) is 0 Å². The Labute approximate surface area is 150 Å². The number of aromatic nitrogens is 2. The topological polar surface area (TPSA) is 38.1 Å². The molecule has 0 bridgehead atoms. The van der Waals surface area contributed by atoms with Gasteiger partial charge in [-0.1, -0.05) is 32.9 Å². The lowest BCUT2D eigenvalue weighted by Crippen LogP contribution is -2.39. The van der Waals surface area contributed by atoms with Crippen LogP contribution >= 0.6 is 0 Å².